The molecule has 0 saturated heterocycles. The Morgan fingerprint density at radius 2 is 2.17 bits per heavy atom. The van der Waals surface area contributed by atoms with Gasteiger partial charge in [-0.25, -0.2) is 0 Å². The summed E-state index contributed by atoms with van der Waals surface area (Å²) < 4.78 is 0. The molecule has 1 aromatic heterocycles. The van der Waals surface area contributed by atoms with E-state index in [1.807, 2.05) is 13.0 Å². The molecule has 0 aromatic carbocycles. The fourth-order valence-electron chi connectivity index (χ4n) is 1.01. The van der Waals surface area contributed by atoms with E-state index in [2.05, 4.69) is 24.1 Å². The summed E-state index contributed by atoms with van der Waals surface area (Å²) in [5.74, 6) is 0. The highest BCUT2D eigenvalue weighted by molar-refractivity contribution is 6.30. The Labute approximate surface area is 74.8 Å². The molecule has 0 fully saturated rings. The van der Waals surface area contributed by atoms with E-state index in [-0.39, 0.29) is 0 Å². The molecule has 0 aliphatic rings. The second-order valence-electron chi connectivity index (χ2n) is 3.22. The van der Waals surface area contributed by atoms with Gasteiger partial charge in [-0.2, -0.15) is 0 Å². The number of nitrogens with one attached hydrogen (secondary N) is 1. The molecule has 62 valence electrons. The van der Waals surface area contributed by atoms with Gasteiger partial charge >= 0.3 is 0 Å². The average molecular weight is 160 g/mol. The smallest absolute Gasteiger partial charge is 0.141 e. The van der Waals surface area contributed by atoms with Gasteiger partial charge < -0.3 is 5.32 Å². The number of pyridine rings is 1. The first-order valence-electron chi connectivity index (χ1n) is 4.08. The van der Waals surface area contributed by atoms with Crippen LogP contribution in [0.2, 0.25) is 0 Å². The number of anilines is 1. The maximum Gasteiger partial charge on any atom is 0.141 e. The molecule has 0 atom stereocenters. The molecule has 2 radical (unpaired) electrons. The standard InChI is InChI=1S/C9H13BN2/c1-6(2)12-8-4-9(10)11-5-7(8)3/h4-6H,1-3H3,(H,11,12). The Morgan fingerprint density at radius 1 is 1.50 bits per heavy atom. The van der Waals surface area contributed by atoms with Gasteiger partial charge in [0.25, 0.3) is 0 Å². The summed E-state index contributed by atoms with van der Waals surface area (Å²) in [5, 5.41) is 3.29. The van der Waals surface area contributed by atoms with Crippen LogP contribution in [0.1, 0.15) is 19.4 Å². The Kier molecular flexibility index (Phi) is 2.74. The Balaban J connectivity index is 2.90. The maximum absolute atomic E-state index is 5.55. The highest BCUT2D eigenvalue weighted by atomic mass is 14.9. The zero-order valence-electron chi connectivity index (χ0n) is 7.76. The molecule has 0 unspecified atom stereocenters. The average Bonchev–Trinajstić information content (AvgIpc) is 1.96. The van der Waals surface area contributed by atoms with Gasteiger partial charge in [-0.3, -0.25) is 4.98 Å². The van der Waals surface area contributed by atoms with Crippen molar-refractivity contribution in [2.24, 2.45) is 0 Å². The molecule has 1 aromatic rings. The van der Waals surface area contributed by atoms with Crippen molar-refractivity contribution in [3.05, 3.63) is 17.8 Å². The minimum absolute atomic E-state index is 0.422. The lowest BCUT2D eigenvalue weighted by molar-refractivity contribution is 0.897. The third-order valence-electron chi connectivity index (χ3n) is 1.57. The second-order valence-corrected chi connectivity index (χ2v) is 3.22. The number of rotatable bonds is 2. The van der Waals surface area contributed by atoms with E-state index in [1.165, 1.54) is 0 Å². The van der Waals surface area contributed by atoms with Crippen LogP contribution in [0.15, 0.2) is 12.3 Å². The van der Waals surface area contributed by atoms with Gasteiger partial charge in [-0.1, -0.05) is 0 Å². The molecule has 12 heavy (non-hydrogen) atoms. The Hall–Kier alpha value is -0.985. The van der Waals surface area contributed by atoms with E-state index in [0.29, 0.717) is 11.6 Å². The summed E-state index contributed by atoms with van der Waals surface area (Å²) in [5.41, 5.74) is 2.75. The fraction of sp³-hybridized carbons (Fsp3) is 0.444. The van der Waals surface area contributed by atoms with Gasteiger partial charge in [0.15, 0.2) is 0 Å². The fourth-order valence-corrected chi connectivity index (χ4v) is 1.01. The third-order valence-corrected chi connectivity index (χ3v) is 1.57. The first-order valence-corrected chi connectivity index (χ1v) is 4.08. The van der Waals surface area contributed by atoms with Gasteiger partial charge in [0.1, 0.15) is 7.85 Å². The lowest BCUT2D eigenvalue weighted by Crippen LogP contribution is -2.15. The van der Waals surface area contributed by atoms with Gasteiger partial charge in [0.2, 0.25) is 0 Å². The minimum Gasteiger partial charge on any atom is -0.383 e. The lowest BCUT2D eigenvalue weighted by Gasteiger charge is -2.12. The van der Waals surface area contributed by atoms with Crippen molar-refractivity contribution in [1.29, 1.82) is 0 Å². The third kappa shape index (κ3) is 2.26. The predicted octanol–water partition coefficient (Wildman–Crippen LogP) is 1.00. The Morgan fingerprint density at radius 3 is 2.75 bits per heavy atom. The number of aromatic nitrogens is 1. The SMILES string of the molecule is [B]c1cc(NC(C)C)c(C)cn1. The predicted molar refractivity (Wildman–Crippen MR) is 53.1 cm³/mol. The molecule has 0 amide bonds. The molecule has 2 nitrogen and oxygen atoms in total. The van der Waals surface area contributed by atoms with E-state index in [1.54, 1.807) is 6.20 Å². The molecule has 0 aliphatic heterocycles. The Bertz CT molecular complexity index is 271. The highest BCUT2D eigenvalue weighted by Crippen LogP contribution is 2.11. The van der Waals surface area contributed by atoms with Crippen LogP contribution in [0.5, 0.6) is 0 Å². The molecule has 0 bridgehead atoms. The van der Waals surface area contributed by atoms with Crippen molar-refractivity contribution in [3.8, 4) is 0 Å². The van der Waals surface area contributed by atoms with E-state index in [4.69, 9.17) is 7.85 Å². The van der Waals surface area contributed by atoms with E-state index in [0.717, 1.165) is 11.3 Å². The van der Waals surface area contributed by atoms with Crippen LogP contribution in [0.4, 0.5) is 5.69 Å². The quantitative estimate of drug-likeness (QED) is 0.653. The van der Waals surface area contributed by atoms with Crippen molar-refractivity contribution in [2.45, 2.75) is 26.8 Å². The monoisotopic (exact) mass is 160 g/mol. The molecule has 1 N–H and O–H groups in total. The zero-order valence-corrected chi connectivity index (χ0v) is 7.76. The summed E-state index contributed by atoms with van der Waals surface area (Å²) in [6, 6.07) is 2.28. The molecular weight excluding hydrogens is 147 g/mol. The van der Waals surface area contributed by atoms with Crippen molar-refractivity contribution in [2.75, 3.05) is 5.32 Å². The topological polar surface area (TPSA) is 24.9 Å². The first kappa shape index (κ1) is 9.11. The van der Waals surface area contributed by atoms with Crippen LogP contribution in [-0.4, -0.2) is 18.9 Å². The van der Waals surface area contributed by atoms with Gasteiger partial charge in [-0.15, -0.1) is 0 Å². The summed E-state index contributed by atoms with van der Waals surface area (Å²) >= 11 is 0. The zero-order chi connectivity index (χ0) is 9.14. The van der Waals surface area contributed by atoms with E-state index < -0.39 is 0 Å². The van der Waals surface area contributed by atoms with E-state index in [9.17, 15) is 0 Å². The van der Waals surface area contributed by atoms with Crippen molar-refractivity contribution in [3.63, 3.8) is 0 Å². The minimum atomic E-state index is 0.422. The number of hydrogen-bond acceptors (Lipinski definition) is 2. The van der Waals surface area contributed by atoms with Crippen LogP contribution >= 0.6 is 0 Å². The van der Waals surface area contributed by atoms with Crippen LogP contribution in [0, 0.1) is 6.92 Å². The maximum atomic E-state index is 5.55. The lowest BCUT2D eigenvalue weighted by atomic mass is 10.0. The molecule has 0 saturated carbocycles. The van der Waals surface area contributed by atoms with Crippen LogP contribution in [0.25, 0.3) is 0 Å². The summed E-state index contributed by atoms with van der Waals surface area (Å²) in [4.78, 5) is 3.98. The van der Waals surface area contributed by atoms with Gasteiger partial charge in [-0.05, 0) is 38.0 Å². The van der Waals surface area contributed by atoms with Gasteiger partial charge in [0, 0.05) is 17.9 Å². The molecule has 1 rings (SSSR count). The van der Waals surface area contributed by atoms with Crippen LogP contribution in [-0.2, 0) is 0 Å². The number of aryl methyl sites for hydroxylation is 1. The second kappa shape index (κ2) is 3.61. The normalized spacial score (nSPS) is 10.3. The summed E-state index contributed by atoms with van der Waals surface area (Å²) in [6.45, 7) is 6.20. The summed E-state index contributed by atoms with van der Waals surface area (Å²) in [6.07, 6.45) is 1.78. The van der Waals surface area contributed by atoms with Crippen LogP contribution in [0.3, 0.4) is 0 Å². The molecule has 0 aliphatic carbocycles. The van der Waals surface area contributed by atoms with Crippen molar-refractivity contribution >= 4 is 19.1 Å². The first-order chi connectivity index (χ1) is 5.59. The van der Waals surface area contributed by atoms with Crippen LogP contribution < -0.4 is 10.9 Å². The molecular formula is C9H13BN2. The van der Waals surface area contributed by atoms with E-state index >= 15 is 0 Å². The highest BCUT2D eigenvalue weighted by Gasteiger charge is 1.99. The van der Waals surface area contributed by atoms with Crippen molar-refractivity contribution < 1.29 is 0 Å². The molecule has 1 heterocycles. The molecule has 3 heteroatoms. The molecule has 0 spiro atoms. The summed E-state index contributed by atoms with van der Waals surface area (Å²) in [7, 11) is 5.55. The van der Waals surface area contributed by atoms with Gasteiger partial charge in [0.05, 0.1) is 0 Å². The number of hydrogen-bond donors (Lipinski definition) is 1. The largest absolute Gasteiger partial charge is 0.383 e. The number of nitrogens with zero attached hydrogens (tertiary/aromatic N) is 1. The van der Waals surface area contributed by atoms with Crippen molar-refractivity contribution in [1.82, 2.24) is 4.98 Å².